The number of hydrogen-bond acceptors (Lipinski definition) is 4. The Morgan fingerprint density at radius 1 is 1.21 bits per heavy atom. The standard InChI is InChI=1S/C14H12N2O3/c1-19-14-8-7-13(16(17)18)9-11(14)10-15-12-5-3-2-4-6-12/h2-10H,1H3. The molecule has 0 aliphatic heterocycles. The molecule has 0 atom stereocenters. The number of non-ortho nitro benzene ring substituents is 1. The van der Waals surface area contributed by atoms with Gasteiger partial charge in [0.1, 0.15) is 5.75 Å². The highest BCUT2D eigenvalue weighted by molar-refractivity contribution is 5.86. The number of hydrogen-bond donors (Lipinski definition) is 0. The van der Waals surface area contributed by atoms with Crippen LogP contribution in [-0.4, -0.2) is 18.2 Å². The molecular formula is C14H12N2O3. The highest BCUT2D eigenvalue weighted by atomic mass is 16.6. The van der Waals surface area contributed by atoms with Gasteiger partial charge in [0, 0.05) is 23.9 Å². The third-order valence-corrected chi connectivity index (χ3v) is 2.53. The van der Waals surface area contributed by atoms with E-state index < -0.39 is 4.92 Å². The van der Waals surface area contributed by atoms with Crippen LogP contribution < -0.4 is 4.74 Å². The molecule has 0 bridgehead atoms. The van der Waals surface area contributed by atoms with E-state index in [4.69, 9.17) is 4.74 Å². The first-order chi connectivity index (χ1) is 9.20. The van der Waals surface area contributed by atoms with E-state index in [0.717, 1.165) is 5.69 Å². The van der Waals surface area contributed by atoms with Crippen molar-refractivity contribution in [2.75, 3.05) is 7.11 Å². The van der Waals surface area contributed by atoms with Crippen molar-refractivity contribution in [2.24, 2.45) is 4.99 Å². The van der Waals surface area contributed by atoms with Gasteiger partial charge in [0.05, 0.1) is 17.7 Å². The second kappa shape index (κ2) is 5.77. The highest BCUT2D eigenvalue weighted by Gasteiger charge is 2.09. The van der Waals surface area contributed by atoms with Gasteiger partial charge in [0.15, 0.2) is 0 Å². The van der Waals surface area contributed by atoms with Gasteiger partial charge in [-0.3, -0.25) is 15.1 Å². The van der Waals surface area contributed by atoms with Crippen LogP contribution in [0.1, 0.15) is 5.56 Å². The summed E-state index contributed by atoms with van der Waals surface area (Å²) in [7, 11) is 1.51. The Kier molecular flexibility index (Phi) is 3.87. The molecule has 0 N–H and O–H groups in total. The smallest absolute Gasteiger partial charge is 0.270 e. The van der Waals surface area contributed by atoms with Crippen LogP contribution in [0.4, 0.5) is 11.4 Å². The Labute approximate surface area is 110 Å². The molecule has 2 aromatic carbocycles. The second-order valence-corrected chi connectivity index (χ2v) is 3.78. The first-order valence-electron chi connectivity index (χ1n) is 5.62. The van der Waals surface area contributed by atoms with Crippen LogP contribution in [0.5, 0.6) is 5.75 Å². The molecule has 0 saturated heterocycles. The first-order valence-corrected chi connectivity index (χ1v) is 5.62. The van der Waals surface area contributed by atoms with Crippen LogP contribution >= 0.6 is 0 Å². The van der Waals surface area contributed by atoms with Gasteiger partial charge in [0.25, 0.3) is 5.69 Å². The number of nitrogens with zero attached hydrogens (tertiary/aromatic N) is 2. The molecule has 5 nitrogen and oxygen atoms in total. The summed E-state index contributed by atoms with van der Waals surface area (Å²) in [6.45, 7) is 0. The summed E-state index contributed by atoms with van der Waals surface area (Å²) < 4.78 is 5.15. The fourth-order valence-corrected chi connectivity index (χ4v) is 1.59. The predicted molar refractivity (Wildman–Crippen MR) is 73.3 cm³/mol. The summed E-state index contributed by atoms with van der Waals surface area (Å²) in [5.74, 6) is 0.547. The molecule has 5 heteroatoms. The number of nitro groups is 1. The molecule has 2 aromatic rings. The van der Waals surface area contributed by atoms with Gasteiger partial charge in [-0.2, -0.15) is 0 Å². The molecule has 0 unspecified atom stereocenters. The maximum atomic E-state index is 10.7. The molecule has 0 spiro atoms. The lowest BCUT2D eigenvalue weighted by molar-refractivity contribution is -0.384. The zero-order chi connectivity index (χ0) is 13.7. The Balaban J connectivity index is 2.35. The van der Waals surface area contributed by atoms with E-state index in [1.165, 1.54) is 19.2 Å². The van der Waals surface area contributed by atoms with Gasteiger partial charge in [0.2, 0.25) is 0 Å². The maximum absolute atomic E-state index is 10.7. The Bertz CT molecular complexity index is 609. The molecule has 0 heterocycles. The monoisotopic (exact) mass is 256 g/mol. The number of para-hydroxylation sites is 1. The van der Waals surface area contributed by atoms with Crippen LogP contribution in [0.25, 0.3) is 0 Å². The predicted octanol–water partition coefficient (Wildman–Crippen LogP) is 3.35. The fraction of sp³-hybridized carbons (Fsp3) is 0.0714. The van der Waals surface area contributed by atoms with E-state index in [-0.39, 0.29) is 5.69 Å². The zero-order valence-electron chi connectivity index (χ0n) is 10.3. The van der Waals surface area contributed by atoms with E-state index in [1.807, 2.05) is 30.3 Å². The van der Waals surface area contributed by atoms with Crippen molar-refractivity contribution in [3.8, 4) is 5.75 Å². The van der Waals surface area contributed by atoms with Gasteiger partial charge in [-0.1, -0.05) is 18.2 Å². The van der Waals surface area contributed by atoms with E-state index in [1.54, 1.807) is 12.3 Å². The molecule has 2 rings (SSSR count). The molecular weight excluding hydrogens is 244 g/mol. The number of rotatable bonds is 4. The van der Waals surface area contributed by atoms with Crippen molar-refractivity contribution in [3.63, 3.8) is 0 Å². The van der Waals surface area contributed by atoms with Crippen LogP contribution in [0.3, 0.4) is 0 Å². The number of ether oxygens (including phenoxy) is 1. The number of nitro benzene ring substituents is 1. The average molecular weight is 256 g/mol. The zero-order valence-corrected chi connectivity index (χ0v) is 10.3. The lowest BCUT2D eigenvalue weighted by atomic mass is 10.2. The van der Waals surface area contributed by atoms with Crippen molar-refractivity contribution in [1.82, 2.24) is 0 Å². The Morgan fingerprint density at radius 3 is 2.58 bits per heavy atom. The molecule has 0 radical (unpaired) electrons. The lowest BCUT2D eigenvalue weighted by Gasteiger charge is -2.03. The van der Waals surface area contributed by atoms with Crippen LogP contribution in [0.2, 0.25) is 0 Å². The average Bonchev–Trinajstić information content (AvgIpc) is 2.45. The van der Waals surface area contributed by atoms with Gasteiger partial charge in [-0.25, -0.2) is 0 Å². The quantitative estimate of drug-likeness (QED) is 0.478. The highest BCUT2D eigenvalue weighted by Crippen LogP contribution is 2.23. The normalized spacial score (nSPS) is 10.6. The summed E-state index contributed by atoms with van der Waals surface area (Å²) in [5, 5.41) is 10.7. The van der Waals surface area contributed by atoms with E-state index in [0.29, 0.717) is 11.3 Å². The number of aliphatic imine (C=N–C) groups is 1. The minimum Gasteiger partial charge on any atom is -0.496 e. The summed E-state index contributed by atoms with van der Waals surface area (Å²) >= 11 is 0. The molecule has 0 aliphatic rings. The second-order valence-electron chi connectivity index (χ2n) is 3.78. The topological polar surface area (TPSA) is 64.7 Å². The van der Waals surface area contributed by atoms with Crippen LogP contribution in [0.15, 0.2) is 53.5 Å². The number of methoxy groups -OCH3 is 1. The van der Waals surface area contributed by atoms with E-state index >= 15 is 0 Å². The fourth-order valence-electron chi connectivity index (χ4n) is 1.59. The Hall–Kier alpha value is -2.69. The molecule has 19 heavy (non-hydrogen) atoms. The molecule has 0 fully saturated rings. The molecule has 0 aliphatic carbocycles. The maximum Gasteiger partial charge on any atom is 0.270 e. The largest absolute Gasteiger partial charge is 0.496 e. The SMILES string of the molecule is COc1ccc([N+](=O)[O-])cc1C=Nc1ccccc1. The minimum absolute atomic E-state index is 0.00955. The van der Waals surface area contributed by atoms with Crippen molar-refractivity contribution in [2.45, 2.75) is 0 Å². The summed E-state index contributed by atoms with van der Waals surface area (Å²) in [5.41, 5.74) is 1.35. The molecule has 0 amide bonds. The lowest BCUT2D eigenvalue weighted by Crippen LogP contribution is -1.94. The van der Waals surface area contributed by atoms with Crippen LogP contribution in [0, 0.1) is 10.1 Å². The third-order valence-electron chi connectivity index (χ3n) is 2.53. The summed E-state index contributed by atoms with van der Waals surface area (Å²) in [6, 6.07) is 13.7. The minimum atomic E-state index is -0.445. The first kappa shape index (κ1) is 12.8. The van der Waals surface area contributed by atoms with Gasteiger partial charge in [-0.05, 0) is 18.2 Å². The molecule has 96 valence electrons. The Morgan fingerprint density at radius 2 is 1.95 bits per heavy atom. The van der Waals surface area contributed by atoms with Crippen molar-refractivity contribution in [1.29, 1.82) is 0 Å². The van der Waals surface area contributed by atoms with Crippen molar-refractivity contribution in [3.05, 3.63) is 64.2 Å². The van der Waals surface area contributed by atoms with E-state index in [9.17, 15) is 10.1 Å². The van der Waals surface area contributed by atoms with Gasteiger partial charge < -0.3 is 4.74 Å². The van der Waals surface area contributed by atoms with Gasteiger partial charge >= 0.3 is 0 Å². The van der Waals surface area contributed by atoms with Crippen molar-refractivity contribution < 1.29 is 9.66 Å². The summed E-state index contributed by atoms with van der Waals surface area (Å²) in [6.07, 6.45) is 1.56. The van der Waals surface area contributed by atoms with E-state index in [2.05, 4.69) is 4.99 Å². The molecule has 0 aromatic heterocycles. The van der Waals surface area contributed by atoms with Crippen LogP contribution in [-0.2, 0) is 0 Å². The third kappa shape index (κ3) is 3.16. The molecule has 0 saturated carbocycles. The van der Waals surface area contributed by atoms with Crippen molar-refractivity contribution >= 4 is 17.6 Å². The summed E-state index contributed by atoms with van der Waals surface area (Å²) in [4.78, 5) is 14.6. The number of benzene rings is 2. The van der Waals surface area contributed by atoms with Gasteiger partial charge in [-0.15, -0.1) is 0 Å².